The van der Waals surface area contributed by atoms with Gasteiger partial charge in [0.25, 0.3) is 5.91 Å². The summed E-state index contributed by atoms with van der Waals surface area (Å²) >= 11 is 0. The van der Waals surface area contributed by atoms with Crippen LogP contribution in [0.4, 0.5) is 8.78 Å². The zero-order valence-corrected chi connectivity index (χ0v) is 17.0. The van der Waals surface area contributed by atoms with E-state index in [2.05, 4.69) is 4.74 Å². The second kappa shape index (κ2) is 8.46. The van der Waals surface area contributed by atoms with Crippen molar-refractivity contribution in [3.8, 4) is 5.75 Å². The molecule has 0 atom stereocenters. The predicted octanol–water partition coefficient (Wildman–Crippen LogP) is 3.05. The molecule has 2 aromatic rings. The summed E-state index contributed by atoms with van der Waals surface area (Å²) in [5, 5.41) is 0. The van der Waals surface area contributed by atoms with Crippen LogP contribution in [0, 0.1) is 13.8 Å². The number of rotatable bonds is 5. The van der Waals surface area contributed by atoms with Gasteiger partial charge in [-0.25, -0.2) is 8.42 Å². The first-order valence-electron chi connectivity index (χ1n) is 9.10. The van der Waals surface area contributed by atoms with Crippen molar-refractivity contribution < 1.29 is 26.7 Å². The lowest BCUT2D eigenvalue weighted by molar-refractivity contribution is -0.0503. The molecule has 1 fully saturated rings. The van der Waals surface area contributed by atoms with Gasteiger partial charge in [0.05, 0.1) is 10.5 Å². The van der Waals surface area contributed by atoms with Crippen LogP contribution in [0.1, 0.15) is 21.5 Å². The molecule has 1 aliphatic rings. The highest BCUT2D eigenvalue weighted by atomic mass is 32.2. The molecule has 1 aliphatic heterocycles. The predicted molar refractivity (Wildman–Crippen MR) is 104 cm³/mol. The number of para-hydroxylation sites is 1. The fourth-order valence-electron chi connectivity index (χ4n) is 3.17. The molecule has 2 aromatic carbocycles. The van der Waals surface area contributed by atoms with E-state index >= 15 is 0 Å². The first-order valence-corrected chi connectivity index (χ1v) is 10.5. The molecule has 9 heteroatoms. The standard InChI is InChI=1S/C20H22F2N2O4S/c1-14-7-8-16(13-15(14)2)29(26,27)24-11-9-23(10-12-24)19(25)17-5-3-4-6-18(17)28-20(21)22/h3-8,13,20H,9-12H2,1-2H3. The van der Waals surface area contributed by atoms with Crippen LogP contribution < -0.4 is 4.74 Å². The fraction of sp³-hybridized carbons (Fsp3) is 0.350. The van der Waals surface area contributed by atoms with Crippen molar-refractivity contribution in [2.45, 2.75) is 25.4 Å². The number of hydrogen-bond donors (Lipinski definition) is 0. The van der Waals surface area contributed by atoms with Gasteiger partial charge >= 0.3 is 6.61 Å². The van der Waals surface area contributed by atoms with Crippen molar-refractivity contribution in [3.05, 3.63) is 59.2 Å². The summed E-state index contributed by atoms with van der Waals surface area (Å²) in [4.78, 5) is 14.4. The largest absolute Gasteiger partial charge is 0.434 e. The quantitative estimate of drug-likeness (QED) is 0.740. The summed E-state index contributed by atoms with van der Waals surface area (Å²) < 4.78 is 56.7. The van der Waals surface area contributed by atoms with Gasteiger partial charge in [0.2, 0.25) is 10.0 Å². The zero-order valence-electron chi connectivity index (χ0n) is 16.1. The molecule has 0 radical (unpaired) electrons. The Hall–Kier alpha value is -2.52. The maximum absolute atomic E-state index is 12.9. The van der Waals surface area contributed by atoms with Crippen LogP contribution in [-0.4, -0.2) is 56.3 Å². The van der Waals surface area contributed by atoms with Crippen LogP contribution in [0.15, 0.2) is 47.4 Å². The monoisotopic (exact) mass is 424 g/mol. The molecule has 0 aliphatic carbocycles. The van der Waals surface area contributed by atoms with Crippen molar-refractivity contribution in [1.29, 1.82) is 0 Å². The minimum absolute atomic E-state index is 0.0262. The Balaban J connectivity index is 1.72. The second-order valence-corrected chi connectivity index (χ2v) is 8.75. The van der Waals surface area contributed by atoms with Crippen LogP contribution in [0.25, 0.3) is 0 Å². The third-order valence-corrected chi connectivity index (χ3v) is 6.87. The average molecular weight is 424 g/mol. The minimum Gasteiger partial charge on any atom is -0.434 e. The van der Waals surface area contributed by atoms with E-state index in [1.807, 2.05) is 13.8 Å². The lowest BCUT2D eigenvalue weighted by Crippen LogP contribution is -2.50. The van der Waals surface area contributed by atoms with Gasteiger partial charge in [-0.15, -0.1) is 0 Å². The summed E-state index contributed by atoms with van der Waals surface area (Å²) in [6.45, 7) is 1.29. The summed E-state index contributed by atoms with van der Waals surface area (Å²) in [5.41, 5.74) is 1.91. The van der Waals surface area contributed by atoms with E-state index in [1.165, 1.54) is 27.4 Å². The molecule has 156 valence electrons. The third kappa shape index (κ3) is 4.56. The average Bonchev–Trinajstić information content (AvgIpc) is 2.69. The number of alkyl halides is 2. The number of ether oxygens (including phenoxy) is 1. The number of amides is 1. The molecule has 0 N–H and O–H groups in total. The first kappa shape index (κ1) is 21.2. The van der Waals surface area contributed by atoms with Gasteiger partial charge < -0.3 is 9.64 Å². The number of piperazine rings is 1. The highest BCUT2D eigenvalue weighted by Crippen LogP contribution is 2.24. The lowest BCUT2D eigenvalue weighted by atomic mass is 10.1. The van der Waals surface area contributed by atoms with E-state index in [0.717, 1.165) is 11.1 Å². The van der Waals surface area contributed by atoms with Crippen molar-refractivity contribution in [1.82, 2.24) is 9.21 Å². The maximum Gasteiger partial charge on any atom is 0.387 e. The van der Waals surface area contributed by atoms with E-state index in [0.29, 0.717) is 0 Å². The Morgan fingerprint density at radius 3 is 2.28 bits per heavy atom. The number of nitrogens with zero attached hydrogens (tertiary/aromatic N) is 2. The van der Waals surface area contributed by atoms with E-state index in [-0.39, 0.29) is 42.4 Å². The zero-order chi connectivity index (χ0) is 21.2. The summed E-state index contributed by atoms with van der Waals surface area (Å²) in [6.07, 6.45) is 0. The topological polar surface area (TPSA) is 66.9 Å². The van der Waals surface area contributed by atoms with Crippen molar-refractivity contribution in [2.24, 2.45) is 0 Å². The molecule has 3 rings (SSSR count). The highest BCUT2D eigenvalue weighted by molar-refractivity contribution is 7.89. The summed E-state index contributed by atoms with van der Waals surface area (Å²) in [6, 6.07) is 10.8. The maximum atomic E-state index is 12.9. The van der Waals surface area contributed by atoms with Gasteiger partial charge in [-0.05, 0) is 49.2 Å². The number of benzene rings is 2. The van der Waals surface area contributed by atoms with E-state index in [9.17, 15) is 22.0 Å². The number of aryl methyl sites for hydroxylation is 2. The minimum atomic E-state index is -3.67. The van der Waals surface area contributed by atoms with Gasteiger partial charge in [-0.2, -0.15) is 13.1 Å². The molecule has 0 spiro atoms. The number of halogens is 2. The van der Waals surface area contributed by atoms with Gasteiger partial charge in [0, 0.05) is 26.2 Å². The van der Waals surface area contributed by atoms with Crippen LogP contribution in [0.2, 0.25) is 0 Å². The SMILES string of the molecule is Cc1ccc(S(=O)(=O)N2CCN(C(=O)c3ccccc3OC(F)F)CC2)cc1C. The molecular formula is C20H22F2N2O4S. The molecule has 1 saturated heterocycles. The third-order valence-electron chi connectivity index (χ3n) is 4.98. The van der Waals surface area contributed by atoms with E-state index in [4.69, 9.17) is 0 Å². The van der Waals surface area contributed by atoms with Crippen molar-refractivity contribution in [3.63, 3.8) is 0 Å². The Kier molecular flexibility index (Phi) is 6.18. The molecular weight excluding hydrogens is 402 g/mol. The normalized spacial score (nSPS) is 15.6. The number of carbonyl (C=O) groups is 1. The summed E-state index contributed by atoms with van der Waals surface area (Å²) in [5.74, 6) is -0.665. The smallest absolute Gasteiger partial charge is 0.387 e. The van der Waals surface area contributed by atoms with Crippen LogP contribution in [0.5, 0.6) is 5.75 Å². The number of sulfonamides is 1. The molecule has 6 nitrogen and oxygen atoms in total. The van der Waals surface area contributed by atoms with Crippen molar-refractivity contribution >= 4 is 15.9 Å². The van der Waals surface area contributed by atoms with Crippen LogP contribution in [0.3, 0.4) is 0 Å². The Labute approximate surface area is 168 Å². The molecule has 0 saturated carbocycles. The van der Waals surface area contributed by atoms with Gasteiger partial charge in [0.15, 0.2) is 0 Å². The summed E-state index contributed by atoms with van der Waals surface area (Å²) in [7, 11) is -3.67. The van der Waals surface area contributed by atoms with E-state index < -0.39 is 22.5 Å². The van der Waals surface area contributed by atoms with Gasteiger partial charge in [-0.3, -0.25) is 4.79 Å². The second-order valence-electron chi connectivity index (χ2n) is 6.82. The fourth-order valence-corrected chi connectivity index (χ4v) is 4.68. The van der Waals surface area contributed by atoms with Crippen molar-refractivity contribution in [2.75, 3.05) is 26.2 Å². The number of hydrogen-bond acceptors (Lipinski definition) is 4. The molecule has 0 bridgehead atoms. The molecule has 0 aromatic heterocycles. The highest BCUT2D eigenvalue weighted by Gasteiger charge is 2.31. The Morgan fingerprint density at radius 2 is 1.66 bits per heavy atom. The van der Waals surface area contributed by atoms with Gasteiger partial charge in [0.1, 0.15) is 5.75 Å². The number of carbonyl (C=O) groups excluding carboxylic acids is 1. The molecule has 1 amide bonds. The van der Waals surface area contributed by atoms with E-state index in [1.54, 1.807) is 24.3 Å². The van der Waals surface area contributed by atoms with Gasteiger partial charge in [-0.1, -0.05) is 18.2 Å². The Morgan fingerprint density at radius 1 is 1.00 bits per heavy atom. The first-order chi connectivity index (χ1) is 13.7. The molecule has 0 unspecified atom stereocenters. The van der Waals surface area contributed by atoms with Crippen LogP contribution >= 0.6 is 0 Å². The molecule has 1 heterocycles. The van der Waals surface area contributed by atoms with Crippen LogP contribution in [-0.2, 0) is 10.0 Å². The Bertz CT molecular complexity index is 1000. The lowest BCUT2D eigenvalue weighted by Gasteiger charge is -2.34. The molecule has 29 heavy (non-hydrogen) atoms.